The van der Waals surface area contributed by atoms with Crippen molar-refractivity contribution in [3.63, 3.8) is 0 Å². The van der Waals surface area contributed by atoms with Gasteiger partial charge in [-0.1, -0.05) is 48.9 Å². The number of pyridine rings is 1. The Morgan fingerprint density at radius 1 is 1.11 bits per heavy atom. The third-order valence-corrected chi connectivity index (χ3v) is 8.75. The summed E-state index contributed by atoms with van der Waals surface area (Å²) in [6.45, 7) is 3.44. The van der Waals surface area contributed by atoms with E-state index in [1.54, 1.807) is 23.1 Å². The lowest BCUT2D eigenvalue weighted by atomic mass is 10.1. The van der Waals surface area contributed by atoms with Crippen LogP contribution in [-0.2, 0) is 21.2 Å². The number of hydrogen-bond donors (Lipinski definition) is 0. The van der Waals surface area contributed by atoms with Gasteiger partial charge in [-0.25, -0.2) is 18.2 Å². The number of hydrogen-bond acceptors (Lipinski definition) is 6. The molecule has 1 aliphatic rings. The Bertz CT molecular complexity index is 1280. The van der Waals surface area contributed by atoms with Crippen LogP contribution < -0.4 is 4.74 Å². The summed E-state index contributed by atoms with van der Waals surface area (Å²) in [6.07, 6.45) is 3.25. The van der Waals surface area contributed by atoms with Crippen LogP contribution in [0.1, 0.15) is 38.2 Å². The second kappa shape index (κ2) is 11.3. The van der Waals surface area contributed by atoms with E-state index < -0.39 is 21.2 Å². The van der Waals surface area contributed by atoms with E-state index in [0.29, 0.717) is 55.5 Å². The summed E-state index contributed by atoms with van der Waals surface area (Å²) in [5.41, 5.74) is 0.905. The monoisotopic (exact) mass is 516 g/mol. The van der Waals surface area contributed by atoms with Crippen LogP contribution >= 0.6 is 11.6 Å². The molecule has 3 aromatic rings. The molecule has 1 aromatic heterocycles. The van der Waals surface area contributed by atoms with Gasteiger partial charge >= 0.3 is 6.09 Å². The smallest absolute Gasteiger partial charge is 0.410 e. The molecule has 1 atom stereocenters. The molecule has 2 heterocycles. The summed E-state index contributed by atoms with van der Waals surface area (Å²) >= 11 is 6.36. The van der Waals surface area contributed by atoms with Gasteiger partial charge < -0.3 is 14.4 Å². The van der Waals surface area contributed by atoms with E-state index in [4.69, 9.17) is 21.1 Å². The summed E-state index contributed by atoms with van der Waals surface area (Å²) < 4.78 is 38.7. The average Bonchev–Trinajstić information content (AvgIpc) is 3.13. The highest BCUT2D eigenvalue weighted by Crippen LogP contribution is 2.37. The number of aromatic nitrogens is 1. The molecule has 1 amide bonds. The molecule has 186 valence electrons. The van der Waals surface area contributed by atoms with E-state index in [0.717, 1.165) is 12.0 Å². The van der Waals surface area contributed by atoms with Crippen LogP contribution in [0, 0.1) is 0 Å². The number of nitrogens with zero attached hydrogens (tertiary/aromatic N) is 2. The normalized spacial score (nSPS) is 16.6. The van der Waals surface area contributed by atoms with Gasteiger partial charge in [0.25, 0.3) is 0 Å². The molecule has 0 bridgehead atoms. The van der Waals surface area contributed by atoms with Gasteiger partial charge in [0, 0.05) is 24.7 Å². The maximum Gasteiger partial charge on any atom is 0.410 e. The molecule has 1 aliphatic heterocycles. The third kappa shape index (κ3) is 5.70. The Balaban J connectivity index is 1.51. The molecule has 1 saturated heterocycles. The summed E-state index contributed by atoms with van der Waals surface area (Å²) in [5.74, 6) is 0.520. The number of amides is 1. The van der Waals surface area contributed by atoms with E-state index in [1.807, 2.05) is 37.3 Å². The largest absolute Gasteiger partial charge is 0.493 e. The van der Waals surface area contributed by atoms with E-state index >= 15 is 0 Å². The van der Waals surface area contributed by atoms with Gasteiger partial charge in [-0.3, -0.25) is 0 Å². The van der Waals surface area contributed by atoms with Crippen LogP contribution in [0.3, 0.4) is 0 Å². The minimum absolute atomic E-state index is 0.186. The Hall–Kier alpha value is -2.84. The summed E-state index contributed by atoms with van der Waals surface area (Å²) in [4.78, 5) is 18.5. The lowest BCUT2D eigenvalue weighted by Gasteiger charge is -2.21. The molecule has 0 saturated carbocycles. The van der Waals surface area contributed by atoms with Crippen molar-refractivity contribution in [2.45, 2.75) is 49.4 Å². The second-order valence-corrected chi connectivity index (χ2v) is 11.1. The minimum atomic E-state index is -3.69. The first-order valence-corrected chi connectivity index (χ1v) is 13.7. The molecule has 0 aliphatic carbocycles. The summed E-state index contributed by atoms with van der Waals surface area (Å²) in [5, 5.41) is 0.594. The van der Waals surface area contributed by atoms with Gasteiger partial charge in [-0.05, 0) is 49.4 Å². The van der Waals surface area contributed by atoms with Gasteiger partial charge in [-0.2, -0.15) is 0 Å². The molecule has 7 nitrogen and oxygen atoms in total. The van der Waals surface area contributed by atoms with Crippen molar-refractivity contribution in [3.8, 4) is 5.75 Å². The zero-order valence-electron chi connectivity index (χ0n) is 19.7. The van der Waals surface area contributed by atoms with Crippen molar-refractivity contribution in [2.75, 3.05) is 19.7 Å². The van der Waals surface area contributed by atoms with E-state index in [9.17, 15) is 13.2 Å². The molecule has 4 rings (SSSR count). The molecule has 0 N–H and O–H groups in total. The first-order valence-electron chi connectivity index (χ1n) is 11.8. The highest BCUT2D eigenvalue weighted by Gasteiger charge is 2.33. The molecule has 9 heteroatoms. The average molecular weight is 517 g/mol. The fourth-order valence-electron chi connectivity index (χ4n) is 4.33. The first kappa shape index (κ1) is 25.3. The number of ether oxygens (including phenoxy) is 2. The zero-order valence-corrected chi connectivity index (χ0v) is 21.2. The fourth-order valence-corrected chi connectivity index (χ4v) is 6.57. The Kier molecular flexibility index (Phi) is 8.13. The SMILES string of the molecule is CCCOc1ccc(S(=O)(=O)C2CCCN(C(=O)OCc3ccccc3)CC2)c2ccnc(Cl)c12. The molecule has 1 unspecified atom stereocenters. The third-order valence-electron chi connectivity index (χ3n) is 6.15. The second-order valence-electron chi connectivity index (χ2n) is 8.56. The molecule has 1 fully saturated rings. The van der Waals surface area contributed by atoms with Crippen LogP contribution in [-0.4, -0.2) is 49.3 Å². The molecular formula is C26H29ClN2O5S. The standard InChI is InChI=1S/C26H29ClN2O5S/c1-2-17-33-22-10-11-23(21-12-14-28-25(27)24(21)22)35(31,32)20-9-6-15-29(16-13-20)26(30)34-18-19-7-4-3-5-8-19/h3-5,7-8,10-12,14,20H,2,6,9,13,15-18H2,1H3. The van der Waals surface area contributed by atoms with Crippen LogP contribution in [0.2, 0.25) is 5.15 Å². The lowest BCUT2D eigenvalue weighted by molar-refractivity contribution is 0.0974. The fraction of sp³-hybridized carbons (Fsp3) is 0.385. The molecule has 0 spiro atoms. The van der Waals surface area contributed by atoms with E-state index in [-0.39, 0.29) is 16.7 Å². The number of carbonyl (C=O) groups is 1. The minimum Gasteiger partial charge on any atom is -0.493 e. The summed E-state index contributed by atoms with van der Waals surface area (Å²) in [6, 6.07) is 14.4. The van der Waals surface area contributed by atoms with Gasteiger partial charge in [0.15, 0.2) is 9.84 Å². The van der Waals surface area contributed by atoms with Crippen LogP contribution in [0.5, 0.6) is 5.75 Å². The van der Waals surface area contributed by atoms with Gasteiger partial charge in [-0.15, -0.1) is 0 Å². The van der Waals surface area contributed by atoms with Gasteiger partial charge in [0.1, 0.15) is 17.5 Å². The number of carbonyl (C=O) groups excluding carboxylic acids is 1. The topological polar surface area (TPSA) is 85.8 Å². The quantitative estimate of drug-likeness (QED) is 0.378. The highest BCUT2D eigenvalue weighted by atomic mass is 35.5. The molecule has 2 aromatic carbocycles. The Morgan fingerprint density at radius 2 is 1.91 bits per heavy atom. The predicted octanol–water partition coefficient (Wildman–Crippen LogP) is 5.64. The maximum absolute atomic E-state index is 13.7. The van der Waals surface area contributed by atoms with Crippen molar-refractivity contribution in [1.29, 1.82) is 0 Å². The maximum atomic E-state index is 13.7. The van der Waals surface area contributed by atoms with Gasteiger partial charge in [0.05, 0.1) is 22.1 Å². The zero-order chi connectivity index (χ0) is 24.8. The number of rotatable bonds is 7. The number of likely N-dealkylation sites (tertiary alicyclic amines) is 1. The van der Waals surface area contributed by atoms with Crippen LogP contribution in [0.4, 0.5) is 4.79 Å². The summed E-state index contributed by atoms with van der Waals surface area (Å²) in [7, 11) is -3.69. The van der Waals surface area contributed by atoms with Crippen molar-refractivity contribution < 1.29 is 22.7 Å². The van der Waals surface area contributed by atoms with Crippen molar-refractivity contribution >= 4 is 38.3 Å². The Morgan fingerprint density at radius 3 is 2.69 bits per heavy atom. The van der Waals surface area contributed by atoms with Crippen molar-refractivity contribution in [2.24, 2.45) is 0 Å². The predicted molar refractivity (Wildman–Crippen MR) is 136 cm³/mol. The van der Waals surface area contributed by atoms with E-state index in [1.165, 1.54) is 6.20 Å². The lowest BCUT2D eigenvalue weighted by Crippen LogP contribution is -2.33. The Labute approximate surface area is 210 Å². The number of halogens is 1. The first-order chi connectivity index (χ1) is 16.9. The number of benzene rings is 2. The van der Waals surface area contributed by atoms with Crippen LogP contribution in [0.15, 0.2) is 59.6 Å². The molecular weight excluding hydrogens is 488 g/mol. The van der Waals surface area contributed by atoms with Gasteiger partial charge in [0.2, 0.25) is 0 Å². The van der Waals surface area contributed by atoms with Crippen molar-refractivity contribution in [1.82, 2.24) is 9.88 Å². The molecule has 0 radical (unpaired) electrons. The number of fused-ring (bicyclic) bond motifs is 1. The van der Waals surface area contributed by atoms with Crippen LogP contribution in [0.25, 0.3) is 10.8 Å². The van der Waals surface area contributed by atoms with E-state index in [2.05, 4.69) is 4.98 Å². The van der Waals surface area contributed by atoms with Crippen molar-refractivity contribution in [3.05, 3.63) is 65.4 Å². The number of sulfone groups is 1. The molecule has 35 heavy (non-hydrogen) atoms. The highest BCUT2D eigenvalue weighted by molar-refractivity contribution is 7.92.